The molecule has 1 saturated heterocycles. The second kappa shape index (κ2) is 7.07. The molecule has 0 aliphatic carbocycles. The van der Waals surface area contributed by atoms with Gasteiger partial charge >= 0.3 is 0 Å². The van der Waals surface area contributed by atoms with Crippen LogP contribution in [0.25, 0.3) is 0 Å². The number of anilines is 2. The van der Waals surface area contributed by atoms with Crippen LogP contribution in [-0.4, -0.2) is 33.6 Å². The molecule has 2 atom stereocenters. The van der Waals surface area contributed by atoms with E-state index in [1.165, 1.54) is 19.3 Å². The molecule has 1 aliphatic heterocycles. The van der Waals surface area contributed by atoms with E-state index in [0.717, 1.165) is 36.0 Å². The highest BCUT2D eigenvalue weighted by Gasteiger charge is 2.25. The number of piperidine rings is 1. The van der Waals surface area contributed by atoms with Crippen molar-refractivity contribution in [3.63, 3.8) is 0 Å². The summed E-state index contributed by atoms with van der Waals surface area (Å²) < 4.78 is 0. The summed E-state index contributed by atoms with van der Waals surface area (Å²) in [6.07, 6.45) is 4.63. The lowest BCUT2D eigenvalue weighted by atomic mass is 10.00. The van der Waals surface area contributed by atoms with Gasteiger partial charge in [-0.1, -0.05) is 13.3 Å². The summed E-state index contributed by atoms with van der Waals surface area (Å²) in [5.41, 5.74) is 4.66. The number of rotatable bonds is 5. The van der Waals surface area contributed by atoms with Crippen LogP contribution >= 0.6 is 0 Å². The zero-order chi connectivity index (χ0) is 15.4. The van der Waals surface area contributed by atoms with Crippen molar-refractivity contribution < 1.29 is 0 Å². The molecule has 5 heteroatoms. The van der Waals surface area contributed by atoms with Crippen LogP contribution in [0.5, 0.6) is 0 Å². The minimum atomic E-state index is 0.538. The minimum absolute atomic E-state index is 0.538. The maximum atomic E-state index is 4.69. The fraction of sp³-hybridized carbons (Fsp3) is 0.750. The summed E-state index contributed by atoms with van der Waals surface area (Å²) in [5.74, 6) is 2.78. The van der Waals surface area contributed by atoms with Gasteiger partial charge in [-0.15, -0.1) is 0 Å². The van der Waals surface area contributed by atoms with Crippen LogP contribution in [0.15, 0.2) is 0 Å². The number of nitrogens with zero attached hydrogens (tertiary/aromatic N) is 3. The highest BCUT2D eigenvalue weighted by Crippen LogP contribution is 2.26. The van der Waals surface area contributed by atoms with Crippen LogP contribution < -0.4 is 10.7 Å². The van der Waals surface area contributed by atoms with Crippen LogP contribution in [0.2, 0.25) is 0 Å². The molecule has 0 radical (unpaired) electrons. The first-order valence-corrected chi connectivity index (χ1v) is 8.23. The van der Waals surface area contributed by atoms with E-state index in [1.54, 1.807) is 0 Å². The van der Waals surface area contributed by atoms with Crippen molar-refractivity contribution >= 4 is 11.6 Å². The number of nitrogens with one attached hydrogen (secondary N) is 2. The Morgan fingerprint density at radius 3 is 2.29 bits per heavy atom. The van der Waals surface area contributed by atoms with Crippen LogP contribution in [-0.2, 0) is 6.42 Å². The second-order valence-electron chi connectivity index (χ2n) is 5.99. The monoisotopic (exact) mass is 291 g/mol. The predicted molar refractivity (Wildman–Crippen MR) is 88.5 cm³/mol. The zero-order valence-electron chi connectivity index (χ0n) is 14.0. The second-order valence-corrected chi connectivity index (χ2v) is 5.99. The molecule has 0 amide bonds. The van der Waals surface area contributed by atoms with E-state index in [0.29, 0.717) is 12.1 Å². The first-order chi connectivity index (χ1) is 10.1. The van der Waals surface area contributed by atoms with Crippen LogP contribution in [0.4, 0.5) is 11.6 Å². The molecule has 1 aliphatic rings. The van der Waals surface area contributed by atoms with Gasteiger partial charge in [-0.3, -0.25) is 0 Å². The third kappa shape index (κ3) is 3.64. The molecule has 5 nitrogen and oxygen atoms in total. The Hall–Kier alpha value is -1.36. The molecule has 0 bridgehead atoms. The first-order valence-electron chi connectivity index (χ1n) is 8.23. The van der Waals surface area contributed by atoms with Gasteiger partial charge in [0.2, 0.25) is 0 Å². The van der Waals surface area contributed by atoms with Gasteiger partial charge in [0.25, 0.3) is 0 Å². The Balaban J connectivity index is 2.27. The van der Waals surface area contributed by atoms with Gasteiger partial charge in [-0.25, -0.2) is 15.0 Å². The molecular weight excluding hydrogens is 262 g/mol. The van der Waals surface area contributed by atoms with Gasteiger partial charge in [-0.05, 0) is 40.5 Å². The number of hydrogen-bond acceptors (Lipinski definition) is 5. The third-order valence-corrected chi connectivity index (χ3v) is 4.28. The molecule has 0 spiro atoms. The molecule has 1 aromatic rings. The highest BCUT2D eigenvalue weighted by atomic mass is 15.5. The van der Waals surface area contributed by atoms with Gasteiger partial charge in [0.1, 0.15) is 17.5 Å². The average molecular weight is 291 g/mol. The number of hydrazine groups is 1. The van der Waals surface area contributed by atoms with Gasteiger partial charge < -0.3 is 10.7 Å². The predicted octanol–water partition coefficient (Wildman–Crippen LogP) is 3.37. The van der Waals surface area contributed by atoms with Crippen LogP contribution in [0, 0.1) is 6.92 Å². The van der Waals surface area contributed by atoms with E-state index >= 15 is 0 Å². The number of aryl methyl sites for hydroxylation is 1. The normalized spacial score (nSPS) is 23.1. The maximum absolute atomic E-state index is 4.69. The summed E-state index contributed by atoms with van der Waals surface area (Å²) in [7, 11) is 0. The van der Waals surface area contributed by atoms with E-state index in [1.807, 2.05) is 0 Å². The van der Waals surface area contributed by atoms with Gasteiger partial charge in [-0.2, -0.15) is 0 Å². The van der Waals surface area contributed by atoms with E-state index < -0.39 is 0 Å². The summed E-state index contributed by atoms with van der Waals surface area (Å²) in [5, 5.41) is 5.70. The molecule has 0 saturated carbocycles. The van der Waals surface area contributed by atoms with E-state index in [9.17, 15) is 0 Å². The van der Waals surface area contributed by atoms with E-state index in [-0.39, 0.29) is 0 Å². The third-order valence-electron chi connectivity index (χ3n) is 4.28. The van der Waals surface area contributed by atoms with E-state index in [2.05, 4.69) is 55.4 Å². The topological polar surface area (TPSA) is 53.1 Å². The fourth-order valence-electron chi connectivity index (χ4n) is 2.93. The molecule has 2 unspecified atom stereocenters. The number of hydrogen-bond donors (Lipinski definition) is 2. The highest BCUT2D eigenvalue weighted by molar-refractivity contribution is 5.57. The van der Waals surface area contributed by atoms with Crippen molar-refractivity contribution in [1.82, 2.24) is 15.0 Å². The van der Waals surface area contributed by atoms with Crippen molar-refractivity contribution in [3.05, 3.63) is 11.4 Å². The Kier molecular flexibility index (Phi) is 5.39. The summed E-state index contributed by atoms with van der Waals surface area (Å²) >= 11 is 0. The lowest BCUT2D eigenvalue weighted by Gasteiger charge is -2.39. The van der Waals surface area contributed by atoms with Crippen LogP contribution in [0.1, 0.15) is 58.3 Å². The molecule has 21 heavy (non-hydrogen) atoms. The Bertz CT molecular complexity index is 464. The van der Waals surface area contributed by atoms with Crippen molar-refractivity contribution in [2.45, 2.75) is 72.4 Å². The molecule has 0 aromatic carbocycles. The summed E-state index contributed by atoms with van der Waals surface area (Å²) in [4.78, 5) is 9.28. The molecule has 2 heterocycles. The molecule has 2 N–H and O–H groups in total. The Morgan fingerprint density at radius 1 is 1.10 bits per heavy atom. The molecule has 118 valence electrons. The van der Waals surface area contributed by atoms with Crippen molar-refractivity contribution in [2.24, 2.45) is 0 Å². The summed E-state index contributed by atoms with van der Waals surface area (Å²) in [6.45, 7) is 11.7. The lowest BCUT2D eigenvalue weighted by molar-refractivity contribution is 0.135. The average Bonchev–Trinajstić information content (AvgIpc) is 2.46. The lowest BCUT2D eigenvalue weighted by Crippen LogP contribution is -2.47. The molecule has 1 aromatic heterocycles. The van der Waals surface area contributed by atoms with E-state index in [4.69, 9.17) is 4.98 Å². The van der Waals surface area contributed by atoms with Gasteiger partial charge in [0, 0.05) is 30.6 Å². The van der Waals surface area contributed by atoms with Gasteiger partial charge in [0.05, 0.1) is 0 Å². The summed E-state index contributed by atoms with van der Waals surface area (Å²) in [6, 6.07) is 1.08. The van der Waals surface area contributed by atoms with Crippen LogP contribution in [0.3, 0.4) is 0 Å². The largest absolute Gasteiger partial charge is 0.370 e. The van der Waals surface area contributed by atoms with Crippen molar-refractivity contribution in [2.75, 3.05) is 17.3 Å². The number of aromatic nitrogens is 2. The smallest absolute Gasteiger partial charge is 0.149 e. The van der Waals surface area contributed by atoms with Crippen molar-refractivity contribution in [1.29, 1.82) is 0 Å². The zero-order valence-corrected chi connectivity index (χ0v) is 14.0. The SMILES string of the molecule is CCNc1nc(CC)nc(NN2C(C)CCCC2C)c1C. The van der Waals surface area contributed by atoms with Crippen molar-refractivity contribution in [3.8, 4) is 0 Å². The first kappa shape index (κ1) is 16.0. The Morgan fingerprint density at radius 2 is 1.71 bits per heavy atom. The molecule has 2 rings (SSSR count). The maximum Gasteiger partial charge on any atom is 0.149 e. The van der Waals surface area contributed by atoms with Gasteiger partial charge in [0.15, 0.2) is 0 Å². The Labute approximate surface area is 128 Å². The standard InChI is InChI=1S/C16H29N5/c1-6-14-18-15(17-7-2)13(5)16(19-14)20-21-11(3)9-8-10-12(21)4/h11-12H,6-10H2,1-5H3,(H2,17,18,19,20). The minimum Gasteiger partial charge on any atom is -0.370 e. The fourth-order valence-corrected chi connectivity index (χ4v) is 2.93. The molecule has 1 fully saturated rings. The molecular formula is C16H29N5. The quantitative estimate of drug-likeness (QED) is 0.871.